The number of piperidine rings is 1. The normalized spacial score (nSPS) is 16.1. The molecule has 24 heavy (non-hydrogen) atoms. The Morgan fingerprint density at radius 3 is 2.79 bits per heavy atom. The van der Waals surface area contributed by atoms with Gasteiger partial charge in [-0.2, -0.15) is 11.3 Å². The van der Waals surface area contributed by atoms with Gasteiger partial charge in [-0.3, -0.25) is 0 Å². The molecular formula is C17H30IN3O2S. The maximum absolute atomic E-state index is 5.93. The van der Waals surface area contributed by atoms with E-state index in [1.165, 1.54) is 5.56 Å². The van der Waals surface area contributed by atoms with E-state index in [1.807, 2.05) is 0 Å². The van der Waals surface area contributed by atoms with E-state index in [9.17, 15) is 0 Å². The molecule has 1 fully saturated rings. The number of methoxy groups -OCH3 is 1. The van der Waals surface area contributed by atoms with Gasteiger partial charge in [-0.15, -0.1) is 24.0 Å². The van der Waals surface area contributed by atoms with E-state index in [0.717, 1.165) is 64.6 Å². The standard InChI is InChI=1S/C17H29N3O2S.HI/c1-3-18-17(19-13-15-7-12-23-14-15)20-8-5-16(6-9-20)22-11-4-10-21-2;/h7,12,14,16H,3-6,8-11,13H2,1-2H3,(H,18,19);1H. The fraction of sp³-hybridized carbons (Fsp3) is 0.706. The van der Waals surface area contributed by atoms with Crippen LogP contribution in [0.25, 0.3) is 0 Å². The molecule has 1 aromatic rings. The monoisotopic (exact) mass is 467 g/mol. The highest BCUT2D eigenvalue weighted by Gasteiger charge is 2.21. The lowest BCUT2D eigenvalue weighted by Crippen LogP contribution is -2.47. The number of ether oxygens (including phenoxy) is 2. The third-order valence-corrected chi connectivity index (χ3v) is 4.65. The lowest BCUT2D eigenvalue weighted by Gasteiger charge is -2.34. The molecule has 0 bridgehead atoms. The van der Waals surface area contributed by atoms with Crippen molar-refractivity contribution in [2.75, 3.05) is 40.0 Å². The second-order valence-electron chi connectivity index (χ2n) is 5.71. The summed E-state index contributed by atoms with van der Waals surface area (Å²) in [7, 11) is 1.73. The van der Waals surface area contributed by atoms with Crippen LogP contribution in [0.4, 0.5) is 0 Å². The molecular weight excluding hydrogens is 437 g/mol. The van der Waals surface area contributed by atoms with Gasteiger partial charge in [-0.1, -0.05) is 0 Å². The van der Waals surface area contributed by atoms with Gasteiger partial charge in [0.15, 0.2) is 5.96 Å². The van der Waals surface area contributed by atoms with Crippen molar-refractivity contribution in [3.8, 4) is 0 Å². The predicted molar refractivity (Wildman–Crippen MR) is 112 cm³/mol. The fourth-order valence-corrected chi connectivity index (χ4v) is 3.32. The van der Waals surface area contributed by atoms with Gasteiger partial charge in [0.2, 0.25) is 0 Å². The average molecular weight is 467 g/mol. The van der Waals surface area contributed by atoms with E-state index in [0.29, 0.717) is 6.10 Å². The molecule has 1 N–H and O–H groups in total. The Morgan fingerprint density at radius 1 is 1.38 bits per heavy atom. The molecule has 0 atom stereocenters. The zero-order valence-corrected chi connectivity index (χ0v) is 17.8. The van der Waals surface area contributed by atoms with Crippen LogP contribution in [-0.2, 0) is 16.0 Å². The SMILES string of the molecule is CCNC(=NCc1ccsc1)N1CCC(OCCCOC)CC1.I. The number of rotatable bonds is 8. The second kappa shape index (κ2) is 12.9. The molecule has 0 aromatic carbocycles. The van der Waals surface area contributed by atoms with Gasteiger partial charge in [0.25, 0.3) is 0 Å². The molecule has 0 amide bonds. The van der Waals surface area contributed by atoms with Crippen molar-refractivity contribution < 1.29 is 9.47 Å². The van der Waals surface area contributed by atoms with Crippen LogP contribution in [-0.4, -0.2) is 56.9 Å². The smallest absolute Gasteiger partial charge is 0.194 e. The van der Waals surface area contributed by atoms with Crippen LogP contribution in [0.2, 0.25) is 0 Å². The molecule has 0 unspecified atom stereocenters. The van der Waals surface area contributed by atoms with Crippen LogP contribution in [0.1, 0.15) is 31.7 Å². The maximum Gasteiger partial charge on any atom is 0.194 e. The molecule has 1 saturated heterocycles. The summed E-state index contributed by atoms with van der Waals surface area (Å²) in [4.78, 5) is 7.12. The van der Waals surface area contributed by atoms with Crippen molar-refractivity contribution >= 4 is 41.3 Å². The Balaban J connectivity index is 0.00000288. The summed E-state index contributed by atoms with van der Waals surface area (Å²) in [6.07, 6.45) is 3.48. The number of halogens is 1. The molecule has 0 spiro atoms. The quantitative estimate of drug-likeness (QED) is 0.276. The van der Waals surface area contributed by atoms with Gasteiger partial charge in [0.05, 0.1) is 12.6 Å². The Morgan fingerprint density at radius 2 is 2.17 bits per heavy atom. The molecule has 1 aliphatic heterocycles. The molecule has 1 aliphatic rings. The average Bonchev–Trinajstić information content (AvgIpc) is 3.10. The first-order valence-corrected chi connectivity index (χ1v) is 9.42. The lowest BCUT2D eigenvalue weighted by atomic mass is 10.1. The Kier molecular flexibility index (Phi) is 11.7. The van der Waals surface area contributed by atoms with Gasteiger partial charge in [0.1, 0.15) is 0 Å². The summed E-state index contributed by atoms with van der Waals surface area (Å²) in [5, 5.41) is 7.67. The Labute approximate surface area is 166 Å². The number of guanidine groups is 1. The second-order valence-corrected chi connectivity index (χ2v) is 6.49. The van der Waals surface area contributed by atoms with E-state index >= 15 is 0 Å². The molecule has 1 aromatic heterocycles. The molecule has 0 aliphatic carbocycles. The molecule has 0 radical (unpaired) electrons. The topological polar surface area (TPSA) is 46.1 Å². The Bertz CT molecular complexity index is 449. The number of aliphatic imine (C=N–C) groups is 1. The number of hydrogen-bond acceptors (Lipinski definition) is 4. The molecule has 2 heterocycles. The van der Waals surface area contributed by atoms with Gasteiger partial charge in [-0.05, 0) is 48.6 Å². The van der Waals surface area contributed by atoms with Gasteiger partial charge < -0.3 is 19.7 Å². The summed E-state index contributed by atoms with van der Waals surface area (Å²) in [6.45, 7) is 7.35. The van der Waals surface area contributed by atoms with Crippen LogP contribution in [0.15, 0.2) is 21.8 Å². The van der Waals surface area contributed by atoms with Crippen LogP contribution < -0.4 is 5.32 Å². The van der Waals surface area contributed by atoms with E-state index in [2.05, 4.69) is 34.0 Å². The first kappa shape index (κ1) is 21.7. The first-order valence-electron chi connectivity index (χ1n) is 8.48. The van der Waals surface area contributed by atoms with Gasteiger partial charge >= 0.3 is 0 Å². The molecule has 0 saturated carbocycles. The van der Waals surface area contributed by atoms with Gasteiger partial charge in [-0.25, -0.2) is 4.99 Å². The number of nitrogens with one attached hydrogen (secondary N) is 1. The molecule has 7 heteroatoms. The van der Waals surface area contributed by atoms with Crippen molar-refractivity contribution in [3.05, 3.63) is 22.4 Å². The van der Waals surface area contributed by atoms with E-state index < -0.39 is 0 Å². The van der Waals surface area contributed by atoms with E-state index in [-0.39, 0.29) is 24.0 Å². The third-order valence-electron chi connectivity index (χ3n) is 3.91. The van der Waals surface area contributed by atoms with Crippen LogP contribution in [0.3, 0.4) is 0 Å². The number of nitrogens with zero attached hydrogens (tertiary/aromatic N) is 2. The summed E-state index contributed by atoms with van der Waals surface area (Å²) in [6, 6.07) is 2.14. The Hall–Kier alpha value is -0.380. The summed E-state index contributed by atoms with van der Waals surface area (Å²) < 4.78 is 11.0. The summed E-state index contributed by atoms with van der Waals surface area (Å²) >= 11 is 1.72. The summed E-state index contributed by atoms with van der Waals surface area (Å²) in [5.41, 5.74) is 1.28. The van der Waals surface area contributed by atoms with Crippen molar-refractivity contribution in [1.82, 2.24) is 10.2 Å². The minimum atomic E-state index is 0. The van der Waals surface area contributed by atoms with E-state index in [1.54, 1.807) is 18.4 Å². The third kappa shape index (κ3) is 7.67. The number of hydrogen-bond donors (Lipinski definition) is 1. The van der Waals surface area contributed by atoms with Crippen molar-refractivity contribution in [2.45, 2.75) is 38.8 Å². The summed E-state index contributed by atoms with van der Waals surface area (Å²) in [5.74, 6) is 1.02. The first-order chi connectivity index (χ1) is 11.3. The highest BCUT2D eigenvalue weighted by molar-refractivity contribution is 14.0. The maximum atomic E-state index is 5.93. The zero-order chi connectivity index (χ0) is 16.3. The van der Waals surface area contributed by atoms with Crippen molar-refractivity contribution in [2.24, 2.45) is 4.99 Å². The molecule has 138 valence electrons. The molecule has 2 rings (SSSR count). The van der Waals surface area contributed by atoms with Gasteiger partial charge in [0, 0.05) is 40.0 Å². The lowest BCUT2D eigenvalue weighted by molar-refractivity contribution is 0.00990. The number of thiophene rings is 1. The number of likely N-dealkylation sites (tertiary alicyclic amines) is 1. The molecule has 5 nitrogen and oxygen atoms in total. The van der Waals surface area contributed by atoms with Crippen molar-refractivity contribution in [3.63, 3.8) is 0 Å². The highest BCUT2D eigenvalue weighted by Crippen LogP contribution is 2.15. The highest BCUT2D eigenvalue weighted by atomic mass is 127. The minimum Gasteiger partial charge on any atom is -0.385 e. The zero-order valence-electron chi connectivity index (χ0n) is 14.7. The van der Waals surface area contributed by atoms with E-state index in [4.69, 9.17) is 14.5 Å². The predicted octanol–water partition coefficient (Wildman–Crippen LogP) is 3.35. The van der Waals surface area contributed by atoms with Crippen molar-refractivity contribution in [1.29, 1.82) is 0 Å². The largest absolute Gasteiger partial charge is 0.385 e. The minimum absolute atomic E-state index is 0. The fourth-order valence-electron chi connectivity index (χ4n) is 2.66. The van der Waals surface area contributed by atoms with Crippen LogP contribution >= 0.6 is 35.3 Å². The van der Waals surface area contributed by atoms with Crippen LogP contribution in [0, 0.1) is 0 Å². The van der Waals surface area contributed by atoms with Crippen LogP contribution in [0.5, 0.6) is 0 Å².